The number of piperazine rings is 1. The van der Waals surface area contributed by atoms with Crippen molar-refractivity contribution in [3.05, 3.63) is 48.2 Å². The molecule has 1 N–H and O–H groups in total. The molecule has 7 heteroatoms. The van der Waals surface area contributed by atoms with Gasteiger partial charge in [-0.15, -0.1) is 0 Å². The Morgan fingerprint density at radius 3 is 2.57 bits per heavy atom. The van der Waals surface area contributed by atoms with Gasteiger partial charge in [-0.3, -0.25) is 4.79 Å². The molecule has 0 unspecified atom stereocenters. The van der Waals surface area contributed by atoms with E-state index in [-0.39, 0.29) is 5.91 Å². The molecule has 1 aliphatic heterocycles. The van der Waals surface area contributed by atoms with E-state index in [2.05, 4.69) is 21.3 Å². The van der Waals surface area contributed by atoms with Gasteiger partial charge < -0.3 is 24.6 Å². The summed E-state index contributed by atoms with van der Waals surface area (Å²) in [4.78, 5) is 21.3. The number of para-hydroxylation sites is 2. The number of anilines is 2. The Labute approximate surface area is 166 Å². The lowest BCUT2D eigenvalue weighted by Crippen LogP contribution is -2.48. The highest BCUT2D eigenvalue weighted by molar-refractivity contribution is 5.94. The lowest BCUT2D eigenvalue weighted by atomic mass is 10.2. The van der Waals surface area contributed by atoms with Crippen LogP contribution in [0.3, 0.4) is 0 Å². The lowest BCUT2D eigenvalue weighted by molar-refractivity contribution is 0.0746. The number of carbonyl (C=O) groups excluding carboxylic acids is 1. The van der Waals surface area contributed by atoms with Crippen LogP contribution in [0.1, 0.15) is 16.8 Å². The average Bonchev–Trinajstić information content (AvgIpc) is 2.77. The van der Waals surface area contributed by atoms with E-state index in [0.29, 0.717) is 25.3 Å². The predicted octanol–water partition coefficient (Wildman–Crippen LogP) is 2.50. The molecule has 1 aliphatic rings. The highest BCUT2D eigenvalue weighted by atomic mass is 16.5. The van der Waals surface area contributed by atoms with Crippen molar-refractivity contribution in [1.29, 1.82) is 0 Å². The van der Waals surface area contributed by atoms with E-state index in [1.165, 1.54) is 0 Å². The van der Waals surface area contributed by atoms with Crippen molar-refractivity contribution in [2.45, 2.75) is 6.42 Å². The predicted molar refractivity (Wildman–Crippen MR) is 110 cm³/mol. The second-order valence-corrected chi connectivity index (χ2v) is 6.66. The molecule has 2 aromatic rings. The third-order valence-electron chi connectivity index (χ3n) is 4.83. The zero-order valence-corrected chi connectivity index (χ0v) is 16.6. The fourth-order valence-electron chi connectivity index (χ4n) is 3.28. The van der Waals surface area contributed by atoms with Crippen molar-refractivity contribution in [3.63, 3.8) is 0 Å². The largest absolute Gasteiger partial charge is 0.495 e. The summed E-state index contributed by atoms with van der Waals surface area (Å²) in [5.41, 5.74) is 1.69. The number of ether oxygens (including phenoxy) is 2. The maximum atomic E-state index is 12.8. The normalized spacial score (nSPS) is 14.1. The first kappa shape index (κ1) is 19.9. The van der Waals surface area contributed by atoms with E-state index in [9.17, 15) is 4.79 Å². The SMILES string of the molecule is COCCCNc1ccc(C(=O)N2CCN(c3ccccc3OC)CC2)cn1. The first-order valence-electron chi connectivity index (χ1n) is 9.59. The molecule has 0 spiro atoms. The van der Waals surface area contributed by atoms with Crippen LogP contribution in [-0.2, 0) is 4.74 Å². The van der Waals surface area contributed by atoms with Crippen LogP contribution in [0, 0.1) is 0 Å². The minimum Gasteiger partial charge on any atom is -0.495 e. The number of nitrogens with zero attached hydrogens (tertiary/aromatic N) is 3. The molecule has 1 amide bonds. The molecule has 0 bridgehead atoms. The molecule has 0 saturated carbocycles. The average molecular weight is 384 g/mol. The van der Waals surface area contributed by atoms with Gasteiger partial charge >= 0.3 is 0 Å². The lowest BCUT2D eigenvalue weighted by Gasteiger charge is -2.36. The van der Waals surface area contributed by atoms with Gasteiger partial charge in [0.15, 0.2) is 0 Å². The molecule has 1 saturated heterocycles. The molecule has 3 rings (SSSR count). The molecule has 0 radical (unpaired) electrons. The van der Waals surface area contributed by atoms with Crippen molar-refractivity contribution in [3.8, 4) is 5.75 Å². The second kappa shape index (κ2) is 9.94. The molecule has 1 aromatic heterocycles. The van der Waals surface area contributed by atoms with Crippen LogP contribution < -0.4 is 15.0 Å². The maximum Gasteiger partial charge on any atom is 0.255 e. The Hall–Kier alpha value is -2.80. The zero-order chi connectivity index (χ0) is 19.8. The van der Waals surface area contributed by atoms with Gasteiger partial charge in [-0.25, -0.2) is 4.98 Å². The molecule has 150 valence electrons. The van der Waals surface area contributed by atoms with Crippen molar-refractivity contribution < 1.29 is 14.3 Å². The Morgan fingerprint density at radius 1 is 1.11 bits per heavy atom. The third-order valence-corrected chi connectivity index (χ3v) is 4.83. The summed E-state index contributed by atoms with van der Waals surface area (Å²) in [6, 6.07) is 11.7. The summed E-state index contributed by atoms with van der Waals surface area (Å²) in [7, 11) is 3.37. The number of benzene rings is 1. The van der Waals surface area contributed by atoms with Gasteiger partial charge in [0, 0.05) is 52.6 Å². The Morgan fingerprint density at radius 2 is 1.89 bits per heavy atom. The summed E-state index contributed by atoms with van der Waals surface area (Å²) < 4.78 is 10.5. The van der Waals surface area contributed by atoms with Gasteiger partial charge in [0.05, 0.1) is 18.4 Å². The molecule has 7 nitrogen and oxygen atoms in total. The van der Waals surface area contributed by atoms with E-state index in [0.717, 1.165) is 43.3 Å². The number of hydrogen-bond donors (Lipinski definition) is 1. The Bertz CT molecular complexity index is 759. The molecule has 2 heterocycles. The maximum absolute atomic E-state index is 12.8. The van der Waals surface area contributed by atoms with Crippen molar-refractivity contribution in [1.82, 2.24) is 9.88 Å². The van der Waals surface area contributed by atoms with Crippen molar-refractivity contribution in [2.24, 2.45) is 0 Å². The van der Waals surface area contributed by atoms with Crippen molar-refractivity contribution in [2.75, 3.05) is 63.8 Å². The number of nitrogens with one attached hydrogen (secondary N) is 1. The van der Waals surface area contributed by atoms with Gasteiger partial charge in [-0.1, -0.05) is 12.1 Å². The third kappa shape index (κ3) is 4.92. The summed E-state index contributed by atoms with van der Waals surface area (Å²) in [5.74, 6) is 1.66. The Kier molecular flexibility index (Phi) is 7.08. The highest BCUT2D eigenvalue weighted by Gasteiger charge is 2.23. The zero-order valence-electron chi connectivity index (χ0n) is 16.6. The monoisotopic (exact) mass is 384 g/mol. The number of pyridine rings is 1. The molecular weight excluding hydrogens is 356 g/mol. The van der Waals surface area contributed by atoms with E-state index in [4.69, 9.17) is 9.47 Å². The highest BCUT2D eigenvalue weighted by Crippen LogP contribution is 2.28. The second-order valence-electron chi connectivity index (χ2n) is 6.66. The number of carbonyl (C=O) groups is 1. The van der Waals surface area contributed by atoms with Gasteiger partial charge in [-0.2, -0.15) is 0 Å². The van der Waals surface area contributed by atoms with Crippen LogP contribution in [0.2, 0.25) is 0 Å². The van der Waals surface area contributed by atoms with Crippen LogP contribution in [-0.4, -0.2) is 69.3 Å². The van der Waals surface area contributed by atoms with Gasteiger partial charge in [0.1, 0.15) is 11.6 Å². The fraction of sp³-hybridized carbons (Fsp3) is 0.429. The minimum absolute atomic E-state index is 0.0260. The summed E-state index contributed by atoms with van der Waals surface area (Å²) in [6.45, 7) is 4.41. The van der Waals surface area contributed by atoms with Crippen LogP contribution in [0.5, 0.6) is 5.75 Å². The first-order valence-corrected chi connectivity index (χ1v) is 9.59. The van der Waals surface area contributed by atoms with E-state index in [1.54, 1.807) is 20.4 Å². The number of methoxy groups -OCH3 is 2. The first-order chi connectivity index (χ1) is 13.7. The number of hydrogen-bond acceptors (Lipinski definition) is 6. The van der Waals surface area contributed by atoms with Crippen LogP contribution in [0.4, 0.5) is 11.5 Å². The number of aromatic nitrogens is 1. The standard InChI is InChI=1S/C21H28N4O3/c1-27-15-5-10-22-20-9-8-17(16-23-20)21(26)25-13-11-24(12-14-25)18-6-3-4-7-19(18)28-2/h3-4,6-9,16H,5,10-15H2,1-2H3,(H,22,23). The molecule has 1 aromatic carbocycles. The molecule has 28 heavy (non-hydrogen) atoms. The smallest absolute Gasteiger partial charge is 0.255 e. The Balaban J connectivity index is 1.53. The fourth-order valence-corrected chi connectivity index (χ4v) is 3.28. The summed E-state index contributed by atoms with van der Waals surface area (Å²) >= 11 is 0. The molecule has 0 aliphatic carbocycles. The van der Waals surface area contributed by atoms with E-state index in [1.807, 2.05) is 35.2 Å². The quantitative estimate of drug-likeness (QED) is 0.706. The number of rotatable bonds is 8. The molecule has 1 fully saturated rings. The van der Waals surface area contributed by atoms with Gasteiger partial charge in [0.25, 0.3) is 5.91 Å². The van der Waals surface area contributed by atoms with Gasteiger partial charge in [0.2, 0.25) is 0 Å². The summed E-state index contributed by atoms with van der Waals surface area (Å²) in [5, 5.41) is 3.23. The van der Waals surface area contributed by atoms with Crippen LogP contribution >= 0.6 is 0 Å². The van der Waals surface area contributed by atoms with E-state index >= 15 is 0 Å². The molecule has 0 atom stereocenters. The molecular formula is C21H28N4O3. The topological polar surface area (TPSA) is 66.9 Å². The van der Waals surface area contributed by atoms with E-state index < -0.39 is 0 Å². The summed E-state index contributed by atoms with van der Waals surface area (Å²) in [6.07, 6.45) is 2.56. The minimum atomic E-state index is 0.0260. The number of amides is 1. The van der Waals surface area contributed by atoms with Gasteiger partial charge in [-0.05, 0) is 30.7 Å². The van der Waals surface area contributed by atoms with Crippen LogP contribution in [0.15, 0.2) is 42.6 Å². The van der Waals surface area contributed by atoms with Crippen LogP contribution in [0.25, 0.3) is 0 Å². The van der Waals surface area contributed by atoms with Crippen molar-refractivity contribution >= 4 is 17.4 Å².